The van der Waals surface area contributed by atoms with Crippen LogP contribution >= 0.6 is 11.6 Å². The molecule has 64 valence electrons. The zero-order valence-electron chi connectivity index (χ0n) is 6.72. The number of hydrogen-bond donors (Lipinski definition) is 1. The van der Waals surface area contributed by atoms with Crippen LogP contribution in [0, 0.1) is 0 Å². The number of aliphatic hydroxyl groups is 1. The summed E-state index contributed by atoms with van der Waals surface area (Å²) in [7, 11) is 0. The van der Waals surface area contributed by atoms with Gasteiger partial charge in [-0.25, -0.2) is 0 Å². The highest BCUT2D eigenvalue weighted by molar-refractivity contribution is 6.17. The van der Waals surface area contributed by atoms with Gasteiger partial charge in [0.2, 0.25) is 0 Å². The zero-order chi connectivity index (χ0) is 8.53. The van der Waals surface area contributed by atoms with Gasteiger partial charge in [0.1, 0.15) is 0 Å². The molecule has 1 nitrogen and oxygen atoms in total. The number of alkyl halides is 1. The molecule has 1 atom stereocenters. The van der Waals surface area contributed by atoms with Crippen LogP contribution in [0.2, 0.25) is 0 Å². The average Bonchev–Trinajstić information content (AvgIpc) is 1.99. The molecule has 0 rings (SSSR count). The molecular weight excluding hydrogens is 160 g/mol. The summed E-state index contributed by atoms with van der Waals surface area (Å²) < 4.78 is 0. The van der Waals surface area contributed by atoms with Crippen LogP contribution in [0.3, 0.4) is 0 Å². The lowest BCUT2D eigenvalue weighted by atomic mass is 10.1. The molecule has 0 aliphatic heterocycles. The van der Waals surface area contributed by atoms with E-state index in [2.05, 4.69) is 12.3 Å². The summed E-state index contributed by atoms with van der Waals surface area (Å²) in [6, 6.07) is 0. The van der Waals surface area contributed by atoms with Crippen LogP contribution in [0.25, 0.3) is 0 Å². The average molecular weight is 175 g/mol. The van der Waals surface area contributed by atoms with Crippen molar-refractivity contribution < 1.29 is 5.11 Å². The van der Waals surface area contributed by atoms with Crippen LogP contribution in [-0.2, 0) is 0 Å². The maximum atomic E-state index is 9.16. The van der Waals surface area contributed by atoms with Gasteiger partial charge in [-0.1, -0.05) is 19.4 Å². The van der Waals surface area contributed by atoms with E-state index in [4.69, 9.17) is 16.7 Å². The summed E-state index contributed by atoms with van der Waals surface area (Å²) in [6.45, 7) is 3.38. The van der Waals surface area contributed by atoms with Gasteiger partial charge in [0, 0.05) is 5.88 Å². The van der Waals surface area contributed by atoms with E-state index < -0.39 is 0 Å². The molecule has 1 N–H and O–H groups in total. The molecule has 0 spiro atoms. The van der Waals surface area contributed by atoms with Crippen molar-refractivity contribution in [2.75, 3.05) is 5.88 Å². The number of aliphatic hydroxyl groups excluding tert-OH is 1. The topological polar surface area (TPSA) is 20.2 Å². The smallest absolute Gasteiger partial charge is 0.0794 e. The van der Waals surface area contributed by atoms with E-state index in [0.29, 0.717) is 5.88 Å². The van der Waals surface area contributed by atoms with Gasteiger partial charge in [0.15, 0.2) is 0 Å². The van der Waals surface area contributed by atoms with E-state index in [9.17, 15) is 0 Å². The van der Waals surface area contributed by atoms with Crippen LogP contribution in [0.15, 0.2) is 18.4 Å². The number of unbranched alkanes of at least 4 members (excludes halogenated alkanes) is 2. The fourth-order valence-electron chi connectivity index (χ4n) is 0.844. The Morgan fingerprint density at radius 3 is 2.73 bits per heavy atom. The highest BCUT2D eigenvalue weighted by Crippen LogP contribution is 2.04. The Morgan fingerprint density at radius 2 is 2.18 bits per heavy atom. The standard InChI is InChI=1S/C9H15ClO/c1-2-6-9(11)7-4-3-5-8-10/h6,9,11H,1,3-5,7-8H2/t9-/m0/s1. The van der Waals surface area contributed by atoms with E-state index in [0.717, 1.165) is 25.7 Å². The quantitative estimate of drug-likeness (QED) is 0.373. The fraction of sp³-hybridized carbons (Fsp3) is 0.667. The van der Waals surface area contributed by atoms with E-state index in [1.165, 1.54) is 0 Å². The lowest BCUT2D eigenvalue weighted by Crippen LogP contribution is -2.00. The zero-order valence-corrected chi connectivity index (χ0v) is 7.48. The van der Waals surface area contributed by atoms with Crippen molar-refractivity contribution in [3.8, 4) is 0 Å². The third-order valence-corrected chi connectivity index (χ3v) is 1.71. The highest BCUT2D eigenvalue weighted by Gasteiger charge is 1.96. The molecule has 0 aliphatic carbocycles. The summed E-state index contributed by atoms with van der Waals surface area (Å²) in [5.74, 6) is 0.716. The maximum Gasteiger partial charge on any atom is 0.0794 e. The molecule has 0 saturated carbocycles. The molecule has 0 unspecified atom stereocenters. The minimum Gasteiger partial charge on any atom is -0.388 e. The molecule has 0 bridgehead atoms. The van der Waals surface area contributed by atoms with E-state index >= 15 is 0 Å². The van der Waals surface area contributed by atoms with Crippen LogP contribution in [0.5, 0.6) is 0 Å². The van der Waals surface area contributed by atoms with Crippen molar-refractivity contribution >= 4 is 11.6 Å². The van der Waals surface area contributed by atoms with Crippen molar-refractivity contribution in [1.82, 2.24) is 0 Å². The maximum absolute atomic E-state index is 9.16. The summed E-state index contributed by atoms with van der Waals surface area (Å²) >= 11 is 5.49. The minimum atomic E-state index is -0.372. The molecule has 2 heteroatoms. The predicted octanol–water partition coefficient (Wildman–Crippen LogP) is 2.49. The van der Waals surface area contributed by atoms with E-state index in [1.54, 1.807) is 6.08 Å². The lowest BCUT2D eigenvalue weighted by molar-refractivity contribution is 0.208. The van der Waals surface area contributed by atoms with Crippen LogP contribution in [0.1, 0.15) is 25.7 Å². The first-order valence-corrected chi connectivity index (χ1v) is 4.44. The monoisotopic (exact) mass is 174 g/mol. The van der Waals surface area contributed by atoms with Gasteiger partial charge in [0.25, 0.3) is 0 Å². The predicted molar refractivity (Wildman–Crippen MR) is 48.9 cm³/mol. The molecule has 0 heterocycles. The van der Waals surface area contributed by atoms with Crippen molar-refractivity contribution in [2.45, 2.75) is 31.8 Å². The largest absolute Gasteiger partial charge is 0.388 e. The normalized spacial score (nSPS) is 12.2. The SMILES string of the molecule is C=C=C[C@H](O)CCCCCCl. The van der Waals surface area contributed by atoms with Crippen molar-refractivity contribution in [1.29, 1.82) is 0 Å². The fourth-order valence-corrected chi connectivity index (χ4v) is 1.03. The lowest BCUT2D eigenvalue weighted by Gasteiger charge is -2.02. The Hall–Kier alpha value is -0.230. The van der Waals surface area contributed by atoms with E-state index in [-0.39, 0.29) is 6.10 Å². The second kappa shape index (κ2) is 7.87. The Balaban J connectivity index is 3.17. The Bertz CT molecular complexity index is 128. The Labute approximate surface area is 73.4 Å². The second-order valence-corrected chi connectivity index (χ2v) is 2.85. The number of halogens is 1. The third-order valence-electron chi connectivity index (χ3n) is 1.44. The third kappa shape index (κ3) is 7.67. The molecule has 0 aliphatic rings. The first kappa shape index (κ1) is 10.8. The van der Waals surface area contributed by atoms with Gasteiger partial charge in [-0.2, -0.15) is 0 Å². The van der Waals surface area contributed by atoms with Gasteiger partial charge in [-0.15, -0.1) is 17.3 Å². The highest BCUT2D eigenvalue weighted by atomic mass is 35.5. The summed E-state index contributed by atoms with van der Waals surface area (Å²) in [5, 5.41) is 9.16. The molecule has 0 aromatic heterocycles. The van der Waals surface area contributed by atoms with Gasteiger partial charge in [-0.05, 0) is 18.9 Å². The first-order valence-electron chi connectivity index (χ1n) is 3.91. The molecule has 0 aromatic rings. The van der Waals surface area contributed by atoms with E-state index in [1.807, 2.05) is 0 Å². The molecular formula is C9H15ClO. The van der Waals surface area contributed by atoms with Crippen LogP contribution in [0.4, 0.5) is 0 Å². The van der Waals surface area contributed by atoms with Crippen molar-refractivity contribution in [3.05, 3.63) is 18.4 Å². The molecule has 0 amide bonds. The Morgan fingerprint density at radius 1 is 1.45 bits per heavy atom. The van der Waals surface area contributed by atoms with Gasteiger partial charge >= 0.3 is 0 Å². The molecule has 11 heavy (non-hydrogen) atoms. The number of rotatable bonds is 6. The van der Waals surface area contributed by atoms with Gasteiger partial charge in [-0.3, -0.25) is 0 Å². The van der Waals surface area contributed by atoms with Crippen molar-refractivity contribution in [2.24, 2.45) is 0 Å². The molecule has 0 fully saturated rings. The van der Waals surface area contributed by atoms with Crippen molar-refractivity contribution in [3.63, 3.8) is 0 Å². The summed E-state index contributed by atoms with van der Waals surface area (Å²) in [4.78, 5) is 0. The summed E-state index contributed by atoms with van der Waals surface area (Å²) in [5.41, 5.74) is 2.56. The Kier molecular flexibility index (Phi) is 7.71. The van der Waals surface area contributed by atoms with Crippen LogP contribution < -0.4 is 0 Å². The first-order chi connectivity index (χ1) is 5.31. The van der Waals surface area contributed by atoms with Gasteiger partial charge < -0.3 is 5.11 Å². The molecule has 0 saturated heterocycles. The molecule has 0 radical (unpaired) electrons. The second-order valence-electron chi connectivity index (χ2n) is 2.48. The minimum absolute atomic E-state index is 0.372. The number of hydrogen-bond acceptors (Lipinski definition) is 1. The van der Waals surface area contributed by atoms with Crippen LogP contribution in [-0.4, -0.2) is 17.1 Å². The van der Waals surface area contributed by atoms with Gasteiger partial charge in [0.05, 0.1) is 6.10 Å². The summed E-state index contributed by atoms with van der Waals surface area (Å²) in [6.07, 6.45) is 5.15. The molecule has 0 aromatic carbocycles.